The Kier molecular flexibility index (Phi) is 8.54. The van der Waals surface area contributed by atoms with Crippen LogP contribution in [0.4, 0.5) is 14.9 Å². The van der Waals surface area contributed by atoms with Gasteiger partial charge in [-0.05, 0) is 83.0 Å². The number of nitrogens with two attached hydrogens (primary N) is 1. The number of amides is 1. The van der Waals surface area contributed by atoms with Gasteiger partial charge in [0, 0.05) is 17.4 Å². The van der Waals surface area contributed by atoms with Crippen LogP contribution in [0.3, 0.4) is 0 Å². The summed E-state index contributed by atoms with van der Waals surface area (Å²) in [6.45, 7) is 7.31. The molecular weight excluding hydrogens is 415 g/mol. The topological polar surface area (TPSA) is 127 Å². The predicted molar refractivity (Wildman–Crippen MR) is 120 cm³/mol. The summed E-state index contributed by atoms with van der Waals surface area (Å²) in [5, 5.41) is 14.7. The van der Waals surface area contributed by atoms with Crippen molar-refractivity contribution in [3.8, 4) is 11.1 Å². The summed E-state index contributed by atoms with van der Waals surface area (Å²) < 4.78 is 19.1. The summed E-state index contributed by atoms with van der Waals surface area (Å²) in [5.41, 5.74) is 7.53. The molecule has 0 aliphatic rings. The Morgan fingerprint density at radius 1 is 1.25 bits per heavy atom. The average Bonchev–Trinajstić information content (AvgIpc) is 2.70. The number of benzene rings is 1. The Labute approximate surface area is 187 Å². The van der Waals surface area contributed by atoms with Crippen LogP contribution in [0.5, 0.6) is 0 Å². The Morgan fingerprint density at radius 2 is 1.97 bits per heavy atom. The molecule has 0 aliphatic carbocycles. The third kappa shape index (κ3) is 7.81. The number of aliphatic carboxylic acids is 1. The molecule has 2 atom stereocenters. The zero-order valence-corrected chi connectivity index (χ0v) is 18.8. The van der Waals surface area contributed by atoms with Gasteiger partial charge in [-0.15, -0.1) is 0 Å². The molecule has 0 saturated heterocycles. The van der Waals surface area contributed by atoms with Crippen molar-refractivity contribution in [1.82, 2.24) is 15.6 Å². The van der Waals surface area contributed by atoms with Crippen LogP contribution in [0.15, 0.2) is 36.5 Å². The minimum absolute atomic E-state index is 0.408. The Hall–Kier alpha value is -3.20. The number of alkyl carbamates (subject to hydrolysis) is 1. The lowest BCUT2D eigenvalue weighted by Crippen LogP contribution is -2.36. The van der Waals surface area contributed by atoms with Crippen LogP contribution in [0.25, 0.3) is 11.1 Å². The van der Waals surface area contributed by atoms with Crippen LogP contribution in [-0.2, 0) is 9.53 Å². The summed E-state index contributed by atoms with van der Waals surface area (Å²) in [6.07, 6.45) is 2.04. The molecule has 1 aromatic carbocycles. The second-order valence-electron chi connectivity index (χ2n) is 8.56. The Morgan fingerprint density at radius 3 is 2.62 bits per heavy atom. The van der Waals surface area contributed by atoms with Gasteiger partial charge in [-0.3, -0.25) is 9.78 Å². The highest BCUT2D eigenvalue weighted by atomic mass is 19.1. The van der Waals surface area contributed by atoms with Crippen molar-refractivity contribution >= 4 is 17.7 Å². The molecule has 32 heavy (non-hydrogen) atoms. The van der Waals surface area contributed by atoms with E-state index in [0.717, 1.165) is 0 Å². The second kappa shape index (κ2) is 10.9. The number of nitrogens with zero attached hydrogens (tertiary/aromatic N) is 1. The first-order valence-electron chi connectivity index (χ1n) is 10.4. The minimum Gasteiger partial charge on any atom is -0.480 e. The lowest BCUT2D eigenvalue weighted by atomic mass is 10.0. The molecule has 5 N–H and O–H groups in total. The van der Waals surface area contributed by atoms with E-state index >= 15 is 0 Å². The molecule has 8 nitrogen and oxygen atoms in total. The average molecular weight is 447 g/mol. The van der Waals surface area contributed by atoms with Gasteiger partial charge < -0.3 is 26.2 Å². The van der Waals surface area contributed by atoms with E-state index < -0.39 is 35.6 Å². The van der Waals surface area contributed by atoms with E-state index in [1.807, 2.05) is 0 Å². The zero-order chi connectivity index (χ0) is 23.9. The van der Waals surface area contributed by atoms with Crippen LogP contribution in [-0.4, -0.2) is 40.3 Å². The molecule has 1 aromatic heterocycles. The van der Waals surface area contributed by atoms with E-state index in [0.29, 0.717) is 41.9 Å². The van der Waals surface area contributed by atoms with Crippen LogP contribution in [0.2, 0.25) is 0 Å². The third-order valence-electron chi connectivity index (χ3n) is 4.65. The fraction of sp³-hybridized carbons (Fsp3) is 0.435. The normalized spacial score (nSPS) is 13.3. The number of aromatic nitrogens is 1. The number of nitrogens with one attached hydrogen (secondary N) is 2. The molecule has 0 saturated carbocycles. The maximum absolute atomic E-state index is 13.8. The van der Waals surface area contributed by atoms with Gasteiger partial charge in [0.15, 0.2) is 0 Å². The van der Waals surface area contributed by atoms with Gasteiger partial charge in [-0.2, -0.15) is 0 Å². The standard InChI is InChI=1S/C23H31FN4O4/c1-14(21(29)30)26-10-5-6-19(28-22(31)32-23(2,3)4)20-12-15(9-11-27-20)17-13-16(24)7-8-18(17)25/h7-9,11-14,19,26H,5-6,10,25H2,1-4H3,(H,28,31)(H,29,30)/t14-,19-/m0/s1. The fourth-order valence-electron chi connectivity index (χ4n) is 3.04. The summed E-state index contributed by atoms with van der Waals surface area (Å²) in [4.78, 5) is 27.8. The number of ether oxygens (including phenoxy) is 1. The lowest BCUT2D eigenvalue weighted by molar-refractivity contribution is -0.139. The number of halogens is 1. The molecule has 0 aliphatic heterocycles. The highest BCUT2D eigenvalue weighted by molar-refractivity contribution is 5.76. The maximum atomic E-state index is 13.8. The number of hydrogen-bond donors (Lipinski definition) is 4. The summed E-state index contributed by atoms with van der Waals surface area (Å²) >= 11 is 0. The Bertz CT molecular complexity index is 946. The maximum Gasteiger partial charge on any atom is 0.408 e. The SMILES string of the molecule is C[C@H](NCCC[C@H](NC(=O)OC(C)(C)C)c1cc(-c2cc(F)ccc2N)ccn1)C(=O)O. The lowest BCUT2D eigenvalue weighted by Gasteiger charge is -2.24. The van der Waals surface area contributed by atoms with Crippen molar-refractivity contribution in [2.45, 2.75) is 58.2 Å². The number of carbonyl (C=O) groups is 2. The van der Waals surface area contributed by atoms with Gasteiger partial charge >= 0.3 is 12.1 Å². The number of nitrogen functional groups attached to an aromatic ring is 1. The number of carboxylic acids is 1. The molecule has 0 bridgehead atoms. The molecule has 0 fully saturated rings. The molecule has 0 unspecified atom stereocenters. The number of carbonyl (C=O) groups excluding carboxylic acids is 1. The van der Waals surface area contributed by atoms with Gasteiger partial charge in [-0.25, -0.2) is 9.18 Å². The zero-order valence-electron chi connectivity index (χ0n) is 18.8. The molecule has 174 valence electrons. The third-order valence-corrected chi connectivity index (χ3v) is 4.65. The first-order valence-corrected chi connectivity index (χ1v) is 10.4. The number of pyridine rings is 1. The van der Waals surface area contributed by atoms with Gasteiger partial charge in [0.05, 0.1) is 11.7 Å². The van der Waals surface area contributed by atoms with E-state index in [2.05, 4.69) is 15.6 Å². The smallest absolute Gasteiger partial charge is 0.408 e. The summed E-state index contributed by atoms with van der Waals surface area (Å²) in [7, 11) is 0. The molecule has 0 radical (unpaired) electrons. The van der Waals surface area contributed by atoms with Crippen molar-refractivity contribution in [3.05, 3.63) is 48.0 Å². The fourth-order valence-corrected chi connectivity index (χ4v) is 3.04. The van der Waals surface area contributed by atoms with Crippen LogP contribution >= 0.6 is 0 Å². The molecule has 2 aromatic rings. The van der Waals surface area contributed by atoms with Crippen molar-refractivity contribution in [1.29, 1.82) is 0 Å². The van der Waals surface area contributed by atoms with E-state index in [4.69, 9.17) is 15.6 Å². The molecular formula is C23H31FN4O4. The molecule has 0 spiro atoms. The first-order chi connectivity index (χ1) is 15.0. The molecule has 2 rings (SSSR count). The van der Waals surface area contributed by atoms with Crippen LogP contribution in [0, 0.1) is 5.82 Å². The van der Waals surface area contributed by atoms with E-state index in [1.165, 1.54) is 18.2 Å². The van der Waals surface area contributed by atoms with Crippen molar-refractivity contribution in [2.24, 2.45) is 0 Å². The quantitative estimate of drug-likeness (QED) is 0.340. The second-order valence-corrected chi connectivity index (χ2v) is 8.56. The van der Waals surface area contributed by atoms with E-state index in [9.17, 15) is 14.0 Å². The van der Waals surface area contributed by atoms with Crippen molar-refractivity contribution in [2.75, 3.05) is 12.3 Å². The number of anilines is 1. The summed E-state index contributed by atoms with van der Waals surface area (Å²) in [6, 6.07) is 6.43. The van der Waals surface area contributed by atoms with Crippen molar-refractivity contribution < 1.29 is 23.8 Å². The van der Waals surface area contributed by atoms with Gasteiger partial charge in [0.2, 0.25) is 0 Å². The van der Waals surface area contributed by atoms with Gasteiger partial charge in [0.1, 0.15) is 17.5 Å². The minimum atomic E-state index is -0.935. The molecule has 9 heteroatoms. The molecule has 1 amide bonds. The van der Waals surface area contributed by atoms with Crippen LogP contribution < -0.4 is 16.4 Å². The summed E-state index contributed by atoms with van der Waals surface area (Å²) in [5.74, 6) is -1.34. The van der Waals surface area contributed by atoms with E-state index in [-0.39, 0.29) is 0 Å². The predicted octanol–water partition coefficient (Wildman–Crippen LogP) is 3.88. The Balaban J connectivity index is 2.23. The highest BCUT2D eigenvalue weighted by Gasteiger charge is 2.22. The highest BCUT2D eigenvalue weighted by Crippen LogP contribution is 2.29. The largest absolute Gasteiger partial charge is 0.480 e. The molecule has 1 heterocycles. The van der Waals surface area contributed by atoms with Gasteiger partial charge in [0.25, 0.3) is 0 Å². The number of rotatable bonds is 9. The first kappa shape index (κ1) is 25.1. The number of hydrogen-bond acceptors (Lipinski definition) is 6. The monoisotopic (exact) mass is 446 g/mol. The van der Waals surface area contributed by atoms with Crippen molar-refractivity contribution in [3.63, 3.8) is 0 Å². The van der Waals surface area contributed by atoms with E-state index in [1.54, 1.807) is 46.0 Å². The van der Waals surface area contributed by atoms with Gasteiger partial charge in [-0.1, -0.05) is 0 Å². The number of carboxylic acid groups (broad SMARTS) is 1. The van der Waals surface area contributed by atoms with Crippen LogP contribution in [0.1, 0.15) is 52.3 Å².